The Hall–Kier alpha value is 0.210. The summed E-state index contributed by atoms with van der Waals surface area (Å²) in [7, 11) is 0. The zero-order chi connectivity index (χ0) is 12.2. The molecule has 0 radical (unpaired) electrons. The van der Waals surface area contributed by atoms with E-state index in [1.807, 2.05) is 13.8 Å². The average Bonchev–Trinajstić information content (AvgIpc) is 2.24. The molecule has 0 aromatic carbocycles. The zero-order valence-corrected chi connectivity index (χ0v) is 11.7. The normalized spacial score (nSPS) is 28.1. The van der Waals surface area contributed by atoms with Crippen LogP contribution in [0, 0.1) is 5.41 Å². The lowest BCUT2D eigenvalue weighted by Crippen LogP contribution is -2.55. The first-order valence-corrected chi connectivity index (χ1v) is 6.87. The molecule has 2 unspecified atom stereocenters. The van der Waals surface area contributed by atoms with Gasteiger partial charge in [0.1, 0.15) is 0 Å². The molecule has 1 aliphatic rings. The molecule has 0 heterocycles. The van der Waals surface area contributed by atoms with Crippen LogP contribution in [0.15, 0.2) is 0 Å². The lowest BCUT2D eigenvalue weighted by molar-refractivity contribution is -0.124. The van der Waals surface area contributed by atoms with Crippen LogP contribution in [0.5, 0.6) is 0 Å². The second-order valence-electron chi connectivity index (χ2n) is 4.92. The molecule has 1 aliphatic carbocycles. The van der Waals surface area contributed by atoms with Gasteiger partial charge in [-0.1, -0.05) is 13.8 Å². The van der Waals surface area contributed by atoms with Crippen LogP contribution in [0.3, 0.4) is 0 Å². The molecule has 0 spiro atoms. The Morgan fingerprint density at radius 2 is 1.88 bits per heavy atom. The van der Waals surface area contributed by atoms with E-state index in [1.54, 1.807) is 0 Å². The van der Waals surface area contributed by atoms with Gasteiger partial charge in [-0.25, -0.2) is 0 Å². The largest absolute Gasteiger partial charge is 0.376 e. The van der Waals surface area contributed by atoms with Crippen molar-refractivity contribution in [1.82, 2.24) is 0 Å². The first kappa shape index (κ1) is 14.3. The van der Waals surface area contributed by atoms with Crippen molar-refractivity contribution >= 4 is 11.6 Å². The zero-order valence-electron chi connectivity index (χ0n) is 11.0. The van der Waals surface area contributed by atoms with Gasteiger partial charge in [0.2, 0.25) is 0 Å². The van der Waals surface area contributed by atoms with Crippen LogP contribution in [0.1, 0.15) is 47.0 Å². The smallest absolute Gasteiger partial charge is 0.0704 e. The molecule has 0 bridgehead atoms. The fraction of sp³-hybridized carbons (Fsp3) is 1.00. The molecule has 1 saturated carbocycles. The summed E-state index contributed by atoms with van der Waals surface area (Å²) in [6.45, 7) is 9.87. The Kier molecular flexibility index (Phi) is 5.55. The molecule has 0 aromatic rings. The van der Waals surface area contributed by atoms with Crippen molar-refractivity contribution in [2.24, 2.45) is 5.41 Å². The van der Waals surface area contributed by atoms with Gasteiger partial charge in [0, 0.05) is 10.8 Å². The van der Waals surface area contributed by atoms with Crippen LogP contribution >= 0.6 is 11.6 Å². The van der Waals surface area contributed by atoms with E-state index in [-0.39, 0.29) is 11.5 Å². The third-order valence-electron chi connectivity index (χ3n) is 3.86. The summed E-state index contributed by atoms with van der Waals surface area (Å²) < 4.78 is 11.4. The minimum absolute atomic E-state index is 0.208. The van der Waals surface area contributed by atoms with Crippen molar-refractivity contribution in [2.75, 3.05) is 13.2 Å². The quantitative estimate of drug-likeness (QED) is 0.506. The summed E-state index contributed by atoms with van der Waals surface area (Å²) in [5.74, 6) is 0. The molecule has 16 heavy (non-hydrogen) atoms. The highest BCUT2D eigenvalue weighted by Crippen LogP contribution is 2.51. The van der Waals surface area contributed by atoms with Crippen molar-refractivity contribution in [3.05, 3.63) is 0 Å². The topological polar surface area (TPSA) is 18.5 Å². The van der Waals surface area contributed by atoms with Gasteiger partial charge in [-0.15, -0.1) is 11.6 Å². The van der Waals surface area contributed by atoms with Crippen LogP contribution in [-0.2, 0) is 9.47 Å². The molecular formula is C13H25ClO2. The summed E-state index contributed by atoms with van der Waals surface area (Å²) in [6, 6.07) is 0. The molecule has 0 amide bonds. The van der Waals surface area contributed by atoms with E-state index in [0.717, 1.165) is 19.3 Å². The van der Waals surface area contributed by atoms with Gasteiger partial charge in [0.25, 0.3) is 0 Å². The van der Waals surface area contributed by atoms with Gasteiger partial charge in [-0.2, -0.15) is 0 Å². The molecule has 96 valence electrons. The van der Waals surface area contributed by atoms with Crippen molar-refractivity contribution in [2.45, 2.75) is 64.5 Å². The fourth-order valence-electron chi connectivity index (χ4n) is 2.56. The second-order valence-corrected chi connectivity index (χ2v) is 5.45. The van der Waals surface area contributed by atoms with Gasteiger partial charge in [0.15, 0.2) is 0 Å². The Labute approximate surface area is 105 Å². The van der Waals surface area contributed by atoms with Crippen molar-refractivity contribution < 1.29 is 9.47 Å². The Morgan fingerprint density at radius 3 is 2.31 bits per heavy atom. The standard InChI is InChI=1S/C13H25ClO2/c1-5-13(6-2)11(14)9-12(13)16-8-7-15-10(3)4/h10-12H,5-9H2,1-4H3. The highest BCUT2D eigenvalue weighted by molar-refractivity contribution is 6.21. The first-order chi connectivity index (χ1) is 7.56. The van der Waals surface area contributed by atoms with Gasteiger partial charge >= 0.3 is 0 Å². The maximum atomic E-state index is 6.32. The Morgan fingerprint density at radius 1 is 1.25 bits per heavy atom. The minimum atomic E-state index is 0.208. The molecule has 0 saturated heterocycles. The number of halogens is 1. The third kappa shape index (κ3) is 2.91. The van der Waals surface area contributed by atoms with E-state index >= 15 is 0 Å². The van der Waals surface area contributed by atoms with Gasteiger partial charge in [-0.05, 0) is 33.1 Å². The van der Waals surface area contributed by atoms with E-state index in [4.69, 9.17) is 21.1 Å². The maximum absolute atomic E-state index is 6.32. The summed E-state index contributed by atoms with van der Waals surface area (Å²) in [4.78, 5) is 0. The number of alkyl halides is 1. The SMILES string of the molecule is CCC1(CC)C(Cl)CC1OCCOC(C)C. The molecule has 3 heteroatoms. The highest BCUT2D eigenvalue weighted by Gasteiger charge is 2.52. The molecule has 0 N–H and O–H groups in total. The molecule has 0 aromatic heterocycles. The number of hydrogen-bond donors (Lipinski definition) is 0. The van der Waals surface area contributed by atoms with Gasteiger partial charge in [0.05, 0.1) is 25.4 Å². The average molecular weight is 249 g/mol. The maximum Gasteiger partial charge on any atom is 0.0704 e. The lowest BCUT2D eigenvalue weighted by Gasteiger charge is -2.52. The van der Waals surface area contributed by atoms with Crippen molar-refractivity contribution in [1.29, 1.82) is 0 Å². The number of ether oxygens (including phenoxy) is 2. The second kappa shape index (κ2) is 6.23. The Bertz CT molecular complexity index is 202. The summed E-state index contributed by atoms with van der Waals surface area (Å²) >= 11 is 6.32. The molecule has 1 fully saturated rings. The number of rotatable bonds is 7. The molecule has 2 nitrogen and oxygen atoms in total. The third-order valence-corrected chi connectivity index (χ3v) is 4.47. The lowest BCUT2D eigenvalue weighted by atomic mass is 9.62. The highest BCUT2D eigenvalue weighted by atomic mass is 35.5. The first-order valence-electron chi connectivity index (χ1n) is 6.44. The van der Waals surface area contributed by atoms with E-state index in [1.165, 1.54) is 0 Å². The van der Waals surface area contributed by atoms with Gasteiger partial charge in [-0.3, -0.25) is 0 Å². The molecule has 2 atom stereocenters. The van der Waals surface area contributed by atoms with Crippen LogP contribution in [-0.4, -0.2) is 30.8 Å². The molecule has 0 aliphatic heterocycles. The van der Waals surface area contributed by atoms with Crippen LogP contribution in [0.25, 0.3) is 0 Å². The monoisotopic (exact) mass is 248 g/mol. The van der Waals surface area contributed by atoms with E-state index in [9.17, 15) is 0 Å². The summed E-state index contributed by atoms with van der Waals surface area (Å²) in [5.41, 5.74) is 0.208. The molecular weight excluding hydrogens is 224 g/mol. The predicted octanol–water partition coefficient (Wildman–Crippen LogP) is 3.61. The van der Waals surface area contributed by atoms with Crippen LogP contribution in [0.4, 0.5) is 0 Å². The minimum Gasteiger partial charge on any atom is -0.376 e. The van der Waals surface area contributed by atoms with Gasteiger partial charge < -0.3 is 9.47 Å². The van der Waals surface area contributed by atoms with Crippen LogP contribution in [0.2, 0.25) is 0 Å². The van der Waals surface area contributed by atoms with E-state index < -0.39 is 0 Å². The van der Waals surface area contributed by atoms with Crippen molar-refractivity contribution in [3.63, 3.8) is 0 Å². The Balaban J connectivity index is 2.27. The van der Waals surface area contributed by atoms with Crippen LogP contribution < -0.4 is 0 Å². The van der Waals surface area contributed by atoms with E-state index in [0.29, 0.717) is 24.7 Å². The summed E-state index contributed by atoms with van der Waals surface area (Å²) in [5, 5.41) is 0.290. The number of hydrogen-bond acceptors (Lipinski definition) is 2. The van der Waals surface area contributed by atoms with Crippen molar-refractivity contribution in [3.8, 4) is 0 Å². The van der Waals surface area contributed by atoms with E-state index in [2.05, 4.69) is 13.8 Å². The molecule has 1 rings (SSSR count). The summed E-state index contributed by atoms with van der Waals surface area (Å²) in [6.07, 6.45) is 3.82. The predicted molar refractivity (Wildman–Crippen MR) is 68.1 cm³/mol. The fourth-order valence-corrected chi connectivity index (χ4v) is 3.17.